The number of halogens is 2. The zero-order valence-corrected chi connectivity index (χ0v) is 19.9. The lowest BCUT2D eigenvalue weighted by Crippen LogP contribution is -2.42. The first-order valence-electron chi connectivity index (χ1n) is 11.1. The number of anilines is 1. The largest absolute Gasteiger partial charge is 0.436 e. The number of nitrogen functional groups attached to an aromatic ring is 1. The van der Waals surface area contributed by atoms with Crippen LogP contribution < -0.4 is 15.3 Å². The smallest absolute Gasteiger partial charge is 0.318 e. The maximum atomic E-state index is 14.3. The van der Waals surface area contributed by atoms with Crippen LogP contribution >= 0.6 is 8.53 Å². The van der Waals surface area contributed by atoms with Crippen molar-refractivity contribution in [3.05, 3.63) is 55.1 Å². The summed E-state index contributed by atoms with van der Waals surface area (Å²) in [5.74, 6) is 0.676. The van der Waals surface area contributed by atoms with Crippen molar-refractivity contribution in [1.29, 1.82) is 0 Å². The number of rotatable bonds is 10. The summed E-state index contributed by atoms with van der Waals surface area (Å²) in [6, 6.07) is 13.2. The third kappa shape index (κ3) is 4.85. The molecular formula is C23H23F2N6O4P. The lowest BCUT2D eigenvalue weighted by atomic mass is 10.0. The van der Waals surface area contributed by atoms with Gasteiger partial charge in [0.1, 0.15) is 30.1 Å². The molecule has 3 heterocycles. The lowest BCUT2D eigenvalue weighted by molar-refractivity contribution is -0.164. The first kappa shape index (κ1) is 24.4. The topological polar surface area (TPSA) is 126 Å². The molecule has 3 N–H and O–H groups in total. The number of nitrogens with one attached hydrogen (secondary N) is 1. The zero-order chi connectivity index (χ0) is 25.1. The number of aromatic nitrogens is 4. The van der Waals surface area contributed by atoms with Crippen LogP contribution in [0.2, 0.25) is 0 Å². The van der Waals surface area contributed by atoms with Gasteiger partial charge in [-0.25, -0.2) is 28.8 Å². The molecule has 36 heavy (non-hydrogen) atoms. The van der Waals surface area contributed by atoms with Gasteiger partial charge in [-0.3, -0.25) is 4.57 Å². The van der Waals surface area contributed by atoms with Gasteiger partial charge in [0.2, 0.25) is 0 Å². The van der Waals surface area contributed by atoms with Gasteiger partial charge in [-0.2, -0.15) is 0 Å². The number of hydrogen-bond donors (Lipinski definition) is 2. The van der Waals surface area contributed by atoms with E-state index >= 15 is 0 Å². The van der Waals surface area contributed by atoms with Crippen molar-refractivity contribution >= 4 is 42.6 Å². The number of nitrogens with zero attached hydrogens (tertiary/aromatic N) is 4. The summed E-state index contributed by atoms with van der Waals surface area (Å²) in [6.07, 6.45) is 0.120. The Morgan fingerprint density at radius 1 is 1.25 bits per heavy atom. The molecule has 3 atom stereocenters. The minimum Gasteiger partial charge on any atom is -0.436 e. The highest BCUT2D eigenvalue weighted by Crippen LogP contribution is 2.45. The van der Waals surface area contributed by atoms with Crippen LogP contribution in [0.5, 0.6) is 5.75 Å². The predicted octanol–water partition coefficient (Wildman–Crippen LogP) is 3.99. The third-order valence-electron chi connectivity index (χ3n) is 5.92. The van der Waals surface area contributed by atoms with Crippen molar-refractivity contribution in [1.82, 2.24) is 24.6 Å². The summed E-state index contributed by atoms with van der Waals surface area (Å²) < 4.78 is 47.7. The van der Waals surface area contributed by atoms with E-state index in [0.717, 1.165) is 10.8 Å². The molecule has 0 saturated carbocycles. The SMILES string of the molecule is Nc1ncnc2c1ncn2C1CCC(COP(NCC=O)Oc2ccc3ccccc3c2)(C(F)F)O1. The van der Waals surface area contributed by atoms with Crippen LogP contribution in [-0.2, 0) is 14.1 Å². The Bertz CT molecular complexity index is 1370. The van der Waals surface area contributed by atoms with E-state index in [1.165, 1.54) is 12.7 Å². The Kier molecular flexibility index (Phi) is 7.01. The lowest BCUT2D eigenvalue weighted by Gasteiger charge is -2.30. The van der Waals surface area contributed by atoms with Crippen molar-refractivity contribution < 1.29 is 27.4 Å². The predicted molar refractivity (Wildman–Crippen MR) is 129 cm³/mol. The normalized spacial score (nSPS) is 20.8. The summed E-state index contributed by atoms with van der Waals surface area (Å²) >= 11 is 0. The van der Waals surface area contributed by atoms with Gasteiger partial charge in [0.05, 0.1) is 19.5 Å². The van der Waals surface area contributed by atoms with Crippen LogP contribution in [0.3, 0.4) is 0 Å². The van der Waals surface area contributed by atoms with Crippen LogP contribution in [0.15, 0.2) is 55.1 Å². The molecule has 5 rings (SSSR count). The number of alkyl halides is 2. The highest BCUT2D eigenvalue weighted by atomic mass is 31.2. The fourth-order valence-corrected chi connectivity index (χ4v) is 5.14. The van der Waals surface area contributed by atoms with E-state index in [0.29, 0.717) is 23.2 Å². The van der Waals surface area contributed by atoms with E-state index in [4.69, 9.17) is 19.5 Å². The van der Waals surface area contributed by atoms with Gasteiger partial charge in [-0.15, -0.1) is 0 Å². The summed E-state index contributed by atoms with van der Waals surface area (Å²) in [7, 11) is -1.91. The molecule has 188 valence electrons. The second-order valence-corrected chi connectivity index (χ2v) is 9.49. The standard InChI is InChI=1S/C23H23F2N6O4P/c24-22(25)23(8-7-18(34-23)31-14-29-19-20(26)27-13-28-21(19)31)12-33-36(30-9-10-32)35-17-6-5-15-3-1-2-4-16(15)11-17/h1-6,10-11,13-14,18,22,30H,7-9,12H2,(H2,26,27,28). The number of hydrogen-bond acceptors (Lipinski definition) is 9. The summed E-state index contributed by atoms with van der Waals surface area (Å²) in [5.41, 5.74) is 4.72. The van der Waals surface area contributed by atoms with E-state index in [1.54, 1.807) is 10.6 Å². The van der Waals surface area contributed by atoms with Crippen LogP contribution in [0.4, 0.5) is 14.6 Å². The monoisotopic (exact) mass is 516 g/mol. The van der Waals surface area contributed by atoms with E-state index in [2.05, 4.69) is 20.0 Å². The van der Waals surface area contributed by atoms with Crippen LogP contribution in [0, 0.1) is 0 Å². The minimum absolute atomic E-state index is 0.0302. The van der Waals surface area contributed by atoms with Crippen molar-refractivity contribution in [3.63, 3.8) is 0 Å². The molecule has 3 unspecified atom stereocenters. The van der Waals surface area contributed by atoms with Gasteiger partial charge in [-0.1, -0.05) is 30.3 Å². The number of imidazole rings is 1. The Balaban J connectivity index is 1.31. The van der Waals surface area contributed by atoms with Crippen molar-refractivity contribution in [2.75, 3.05) is 18.9 Å². The first-order valence-corrected chi connectivity index (χ1v) is 12.3. The molecular weight excluding hydrogens is 493 g/mol. The van der Waals surface area contributed by atoms with E-state index in [1.807, 2.05) is 36.4 Å². The molecule has 1 aliphatic heterocycles. The molecule has 1 aliphatic rings. The molecule has 1 saturated heterocycles. The molecule has 2 aromatic heterocycles. The molecule has 0 aliphatic carbocycles. The zero-order valence-electron chi connectivity index (χ0n) is 19.0. The van der Waals surface area contributed by atoms with Crippen molar-refractivity contribution in [2.24, 2.45) is 0 Å². The second-order valence-electron chi connectivity index (χ2n) is 8.22. The number of aldehydes is 1. The fraction of sp³-hybridized carbons (Fsp3) is 0.304. The van der Waals surface area contributed by atoms with Gasteiger partial charge >= 0.3 is 8.53 Å². The van der Waals surface area contributed by atoms with Crippen LogP contribution in [-0.4, -0.2) is 51.0 Å². The highest BCUT2D eigenvalue weighted by Gasteiger charge is 2.49. The molecule has 0 amide bonds. The third-order valence-corrected chi connectivity index (χ3v) is 7.10. The van der Waals surface area contributed by atoms with E-state index in [-0.39, 0.29) is 25.2 Å². The molecule has 2 aromatic carbocycles. The van der Waals surface area contributed by atoms with Crippen LogP contribution in [0.1, 0.15) is 19.1 Å². The molecule has 4 aromatic rings. The Hall–Kier alpha value is -3.31. The van der Waals surface area contributed by atoms with Gasteiger partial charge in [0.25, 0.3) is 6.43 Å². The maximum Gasteiger partial charge on any atom is 0.318 e. The minimum atomic E-state index is -2.83. The summed E-state index contributed by atoms with van der Waals surface area (Å²) in [6.45, 7) is -0.511. The van der Waals surface area contributed by atoms with Gasteiger partial charge in [-0.05, 0) is 35.7 Å². The Labute approximate surface area is 205 Å². The van der Waals surface area contributed by atoms with E-state index < -0.39 is 33.4 Å². The van der Waals surface area contributed by atoms with Gasteiger partial charge in [0.15, 0.2) is 17.1 Å². The fourth-order valence-electron chi connectivity index (χ4n) is 4.07. The number of nitrogens with two attached hydrogens (primary N) is 1. The number of fused-ring (bicyclic) bond motifs is 2. The number of benzene rings is 2. The number of carbonyl (C=O) groups is 1. The summed E-state index contributed by atoms with van der Waals surface area (Å²) in [4.78, 5) is 23.2. The highest BCUT2D eigenvalue weighted by molar-refractivity contribution is 7.45. The number of carbonyl (C=O) groups excluding carboxylic acids is 1. The molecule has 0 spiro atoms. The second kappa shape index (κ2) is 10.4. The average Bonchev–Trinajstić information content (AvgIpc) is 3.52. The average molecular weight is 516 g/mol. The molecule has 0 bridgehead atoms. The maximum absolute atomic E-state index is 14.3. The number of ether oxygens (including phenoxy) is 1. The quantitative estimate of drug-likeness (QED) is 0.238. The summed E-state index contributed by atoms with van der Waals surface area (Å²) in [5, 5.41) is 4.79. The van der Waals surface area contributed by atoms with Crippen molar-refractivity contribution in [3.8, 4) is 5.75 Å². The van der Waals surface area contributed by atoms with Crippen LogP contribution in [0.25, 0.3) is 21.9 Å². The van der Waals surface area contributed by atoms with E-state index in [9.17, 15) is 13.6 Å². The molecule has 0 radical (unpaired) electrons. The Morgan fingerprint density at radius 2 is 2.08 bits per heavy atom. The van der Waals surface area contributed by atoms with Gasteiger partial charge in [0, 0.05) is 0 Å². The van der Waals surface area contributed by atoms with Crippen molar-refractivity contribution in [2.45, 2.75) is 31.1 Å². The molecule has 10 nitrogen and oxygen atoms in total. The Morgan fingerprint density at radius 3 is 2.89 bits per heavy atom. The first-order chi connectivity index (χ1) is 17.5. The van der Waals surface area contributed by atoms with Gasteiger partial charge < -0.3 is 24.3 Å². The molecule has 1 fully saturated rings. The molecule has 13 heteroatoms.